The summed E-state index contributed by atoms with van der Waals surface area (Å²) in [6.45, 7) is 3.67. The summed E-state index contributed by atoms with van der Waals surface area (Å²) in [5.41, 5.74) is 0. The molecule has 13 heavy (non-hydrogen) atoms. The van der Waals surface area contributed by atoms with Gasteiger partial charge in [0.05, 0.1) is 0 Å². The summed E-state index contributed by atoms with van der Waals surface area (Å²) in [5, 5.41) is 3.16. The number of β-lactam (4-membered cyclic amide) rings is 1. The van der Waals surface area contributed by atoms with Crippen LogP contribution in [0.1, 0.15) is 6.42 Å². The number of nitrogens with zero attached hydrogens (tertiary/aromatic N) is 2. The number of urea groups is 1. The number of nitrogens with one attached hydrogen (secondary N) is 1. The zero-order valence-electron chi connectivity index (χ0n) is 7.45. The molecule has 0 bridgehead atoms. The van der Waals surface area contributed by atoms with Crippen molar-refractivity contribution in [1.82, 2.24) is 15.1 Å². The van der Waals surface area contributed by atoms with Crippen molar-refractivity contribution in [3.63, 3.8) is 0 Å². The van der Waals surface area contributed by atoms with E-state index in [0.717, 1.165) is 13.1 Å². The van der Waals surface area contributed by atoms with Crippen molar-refractivity contribution in [2.75, 3.05) is 32.7 Å². The Labute approximate surface area is 76.7 Å². The fourth-order valence-electron chi connectivity index (χ4n) is 1.54. The van der Waals surface area contributed by atoms with Crippen LogP contribution in [-0.4, -0.2) is 54.5 Å². The molecule has 2 aliphatic heterocycles. The quantitative estimate of drug-likeness (QED) is 0.502. The van der Waals surface area contributed by atoms with Gasteiger partial charge in [-0.25, -0.2) is 4.79 Å². The van der Waals surface area contributed by atoms with Crippen molar-refractivity contribution < 1.29 is 9.59 Å². The van der Waals surface area contributed by atoms with Crippen LogP contribution in [0.4, 0.5) is 4.79 Å². The van der Waals surface area contributed by atoms with Gasteiger partial charge in [-0.05, 0) is 0 Å². The van der Waals surface area contributed by atoms with Crippen LogP contribution in [0.5, 0.6) is 0 Å². The SMILES string of the molecule is O=C1CCN1C(=O)N1CCNCC1. The largest absolute Gasteiger partial charge is 0.326 e. The van der Waals surface area contributed by atoms with Gasteiger partial charge in [-0.3, -0.25) is 9.69 Å². The summed E-state index contributed by atoms with van der Waals surface area (Å²) >= 11 is 0. The number of amides is 3. The molecule has 72 valence electrons. The molecule has 2 saturated heterocycles. The second-order valence-electron chi connectivity index (χ2n) is 3.31. The molecule has 2 rings (SSSR count). The Hall–Kier alpha value is -1.10. The zero-order chi connectivity index (χ0) is 9.26. The molecule has 0 spiro atoms. The Kier molecular flexibility index (Phi) is 2.18. The summed E-state index contributed by atoms with van der Waals surface area (Å²) in [4.78, 5) is 25.6. The van der Waals surface area contributed by atoms with Gasteiger partial charge in [0.1, 0.15) is 0 Å². The lowest BCUT2D eigenvalue weighted by molar-refractivity contribution is -0.136. The van der Waals surface area contributed by atoms with Gasteiger partial charge >= 0.3 is 6.03 Å². The third kappa shape index (κ3) is 1.51. The topological polar surface area (TPSA) is 52.7 Å². The molecule has 5 heteroatoms. The van der Waals surface area contributed by atoms with E-state index in [1.54, 1.807) is 4.90 Å². The van der Waals surface area contributed by atoms with E-state index in [0.29, 0.717) is 26.1 Å². The summed E-state index contributed by atoms with van der Waals surface area (Å²) in [5.74, 6) is -0.0384. The number of hydrogen-bond donors (Lipinski definition) is 1. The van der Waals surface area contributed by atoms with Gasteiger partial charge in [-0.1, -0.05) is 0 Å². The van der Waals surface area contributed by atoms with Crippen molar-refractivity contribution in [2.45, 2.75) is 6.42 Å². The maximum atomic E-state index is 11.6. The number of piperazine rings is 1. The van der Waals surface area contributed by atoms with E-state index in [9.17, 15) is 9.59 Å². The Morgan fingerprint density at radius 2 is 1.92 bits per heavy atom. The van der Waals surface area contributed by atoms with Gasteiger partial charge in [0, 0.05) is 39.1 Å². The normalized spacial score (nSPS) is 22.9. The summed E-state index contributed by atoms with van der Waals surface area (Å²) in [7, 11) is 0. The van der Waals surface area contributed by atoms with Crippen LogP contribution >= 0.6 is 0 Å². The predicted molar refractivity (Wildman–Crippen MR) is 46.2 cm³/mol. The zero-order valence-corrected chi connectivity index (χ0v) is 7.45. The first-order valence-electron chi connectivity index (χ1n) is 4.59. The third-order valence-corrected chi connectivity index (χ3v) is 2.47. The van der Waals surface area contributed by atoms with E-state index in [1.165, 1.54) is 4.90 Å². The average molecular weight is 183 g/mol. The molecule has 0 aromatic heterocycles. The third-order valence-electron chi connectivity index (χ3n) is 2.47. The highest BCUT2D eigenvalue weighted by molar-refractivity contribution is 5.98. The minimum atomic E-state index is -0.113. The lowest BCUT2D eigenvalue weighted by atomic mass is 10.2. The molecule has 1 N–H and O–H groups in total. The van der Waals surface area contributed by atoms with E-state index in [2.05, 4.69) is 5.32 Å². The Morgan fingerprint density at radius 1 is 1.23 bits per heavy atom. The lowest BCUT2D eigenvalue weighted by Gasteiger charge is -2.36. The molecule has 0 aromatic carbocycles. The highest BCUT2D eigenvalue weighted by atomic mass is 16.2. The minimum Gasteiger partial charge on any atom is -0.322 e. The average Bonchev–Trinajstić information content (AvgIpc) is 2.17. The first kappa shape index (κ1) is 8.50. The fourth-order valence-corrected chi connectivity index (χ4v) is 1.54. The molecule has 3 amide bonds. The van der Waals surface area contributed by atoms with Crippen LogP contribution in [0, 0.1) is 0 Å². The molecule has 2 fully saturated rings. The van der Waals surface area contributed by atoms with Crippen molar-refractivity contribution in [2.24, 2.45) is 0 Å². The molecule has 0 atom stereocenters. The highest BCUT2D eigenvalue weighted by Crippen LogP contribution is 2.12. The minimum absolute atomic E-state index is 0.0384. The van der Waals surface area contributed by atoms with Crippen LogP contribution in [0.15, 0.2) is 0 Å². The second-order valence-corrected chi connectivity index (χ2v) is 3.31. The van der Waals surface area contributed by atoms with E-state index in [-0.39, 0.29) is 11.9 Å². The van der Waals surface area contributed by atoms with Crippen molar-refractivity contribution in [3.05, 3.63) is 0 Å². The molecule has 0 aromatic rings. The Bertz CT molecular complexity index is 236. The second kappa shape index (κ2) is 3.33. The van der Waals surface area contributed by atoms with Crippen molar-refractivity contribution in [3.8, 4) is 0 Å². The molecule has 0 saturated carbocycles. The first-order chi connectivity index (χ1) is 6.29. The van der Waals surface area contributed by atoms with Gasteiger partial charge in [-0.15, -0.1) is 0 Å². The molecule has 5 nitrogen and oxygen atoms in total. The van der Waals surface area contributed by atoms with Gasteiger partial charge in [-0.2, -0.15) is 0 Å². The van der Waals surface area contributed by atoms with Gasteiger partial charge in [0.2, 0.25) is 5.91 Å². The molecular weight excluding hydrogens is 170 g/mol. The van der Waals surface area contributed by atoms with Gasteiger partial charge < -0.3 is 10.2 Å². The number of rotatable bonds is 0. The lowest BCUT2D eigenvalue weighted by Crippen LogP contribution is -2.57. The van der Waals surface area contributed by atoms with Crippen LogP contribution in [0.25, 0.3) is 0 Å². The van der Waals surface area contributed by atoms with E-state index in [4.69, 9.17) is 0 Å². The molecule has 2 heterocycles. The molecule has 0 unspecified atom stereocenters. The van der Waals surface area contributed by atoms with Crippen LogP contribution in [0.3, 0.4) is 0 Å². The number of carbonyl (C=O) groups is 2. The molecule has 0 radical (unpaired) electrons. The number of carbonyl (C=O) groups excluding carboxylic acids is 2. The van der Waals surface area contributed by atoms with Crippen LogP contribution in [0.2, 0.25) is 0 Å². The number of likely N-dealkylation sites (tertiary alicyclic amines) is 1. The van der Waals surface area contributed by atoms with Crippen LogP contribution < -0.4 is 5.32 Å². The van der Waals surface area contributed by atoms with E-state index >= 15 is 0 Å². The van der Waals surface area contributed by atoms with Gasteiger partial charge in [0.25, 0.3) is 0 Å². The van der Waals surface area contributed by atoms with Gasteiger partial charge in [0.15, 0.2) is 0 Å². The van der Waals surface area contributed by atoms with E-state index < -0.39 is 0 Å². The number of imide groups is 1. The monoisotopic (exact) mass is 183 g/mol. The summed E-state index contributed by atoms with van der Waals surface area (Å²) in [6, 6.07) is -0.113. The molecule has 2 aliphatic rings. The van der Waals surface area contributed by atoms with Crippen molar-refractivity contribution >= 4 is 11.9 Å². The standard InChI is InChI=1S/C8H13N3O2/c12-7-1-4-11(7)8(13)10-5-2-9-3-6-10/h9H,1-6H2. The molecular formula is C8H13N3O2. The van der Waals surface area contributed by atoms with Crippen LogP contribution in [-0.2, 0) is 4.79 Å². The van der Waals surface area contributed by atoms with Crippen molar-refractivity contribution in [1.29, 1.82) is 0 Å². The highest BCUT2D eigenvalue weighted by Gasteiger charge is 2.33. The summed E-state index contributed by atoms with van der Waals surface area (Å²) in [6.07, 6.45) is 0.526. The predicted octanol–water partition coefficient (Wildman–Crippen LogP) is -0.756. The van der Waals surface area contributed by atoms with E-state index in [1.807, 2.05) is 0 Å². The Morgan fingerprint density at radius 3 is 2.38 bits per heavy atom. The molecule has 0 aliphatic carbocycles. The maximum absolute atomic E-state index is 11.6. The number of hydrogen-bond acceptors (Lipinski definition) is 3. The maximum Gasteiger partial charge on any atom is 0.326 e. The smallest absolute Gasteiger partial charge is 0.322 e. The summed E-state index contributed by atoms with van der Waals surface area (Å²) < 4.78 is 0. The Balaban J connectivity index is 1.91. The first-order valence-corrected chi connectivity index (χ1v) is 4.59. The fraction of sp³-hybridized carbons (Fsp3) is 0.750.